The monoisotopic (exact) mass is 471 g/mol. The van der Waals surface area contributed by atoms with Crippen molar-refractivity contribution in [2.75, 3.05) is 22.9 Å². The molecular weight excluding hydrogens is 442 g/mol. The first-order chi connectivity index (χ1) is 16.9. The van der Waals surface area contributed by atoms with E-state index in [0.717, 1.165) is 54.0 Å². The molecule has 2 aliphatic rings. The van der Waals surface area contributed by atoms with E-state index >= 15 is 0 Å². The minimum Gasteiger partial charge on any atom is -0.364 e. The average Bonchev–Trinajstić information content (AvgIpc) is 3.25. The third-order valence-electron chi connectivity index (χ3n) is 6.96. The summed E-state index contributed by atoms with van der Waals surface area (Å²) in [6.07, 6.45) is 3.72. The molecule has 2 aromatic carbocycles. The SMILES string of the molecule is CCc1ccccc1-n1nc(C(N)=O)c2c1C(=O)N(c1ccc(N3CCCCC3=O)cc1C)CC2. The number of hydrogen-bond acceptors (Lipinski definition) is 4. The van der Waals surface area contributed by atoms with Crippen LogP contribution >= 0.6 is 0 Å². The van der Waals surface area contributed by atoms with E-state index in [4.69, 9.17) is 5.73 Å². The van der Waals surface area contributed by atoms with Crippen molar-refractivity contribution in [1.29, 1.82) is 0 Å². The summed E-state index contributed by atoms with van der Waals surface area (Å²) >= 11 is 0. The molecule has 1 fully saturated rings. The molecule has 3 heterocycles. The highest BCUT2D eigenvalue weighted by Crippen LogP contribution is 2.33. The Morgan fingerprint density at radius 2 is 1.80 bits per heavy atom. The summed E-state index contributed by atoms with van der Waals surface area (Å²) in [5.74, 6) is -0.719. The Hall–Kier alpha value is -3.94. The van der Waals surface area contributed by atoms with Gasteiger partial charge in [-0.2, -0.15) is 5.10 Å². The van der Waals surface area contributed by atoms with Gasteiger partial charge in [-0.25, -0.2) is 4.68 Å². The first-order valence-electron chi connectivity index (χ1n) is 12.1. The van der Waals surface area contributed by atoms with Crippen LogP contribution in [-0.4, -0.2) is 40.6 Å². The van der Waals surface area contributed by atoms with Gasteiger partial charge in [-0.05, 0) is 68.0 Å². The predicted octanol–water partition coefficient (Wildman–Crippen LogP) is 3.56. The van der Waals surface area contributed by atoms with Crippen molar-refractivity contribution < 1.29 is 14.4 Å². The highest BCUT2D eigenvalue weighted by atomic mass is 16.2. The number of benzene rings is 2. The van der Waals surface area contributed by atoms with Crippen molar-refractivity contribution in [2.45, 2.75) is 46.0 Å². The zero-order chi connectivity index (χ0) is 24.7. The van der Waals surface area contributed by atoms with E-state index in [-0.39, 0.29) is 17.5 Å². The molecule has 0 spiro atoms. The topological polar surface area (TPSA) is 102 Å². The summed E-state index contributed by atoms with van der Waals surface area (Å²) in [5.41, 5.74) is 11.1. The lowest BCUT2D eigenvalue weighted by atomic mass is 10.0. The molecule has 180 valence electrons. The molecule has 1 aromatic heterocycles. The number of amides is 3. The number of nitrogens with zero attached hydrogens (tertiary/aromatic N) is 4. The third-order valence-corrected chi connectivity index (χ3v) is 6.96. The Balaban J connectivity index is 1.56. The normalized spacial score (nSPS) is 15.9. The predicted molar refractivity (Wildman–Crippen MR) is 134 cm³/mol. The molecular formula is C27H29N5O3. The third kappa shape index (κ3) is 3.88. The van der Waals surface area contributed by atoms with Gasteiger partial charge in [0.05, 0.1) is 5.69 Å². The van der Waals surface area contributed by atoms with Gasteiger partial charge in [-0.3, -0.25) is 14.4 Å². The Morgan fingerprint density at radius 1 is 1.00 bits per heavy atom. The molecule has 8 nitrogen and oxygen atoms in total. The number of para-hydroxylation sites is 1. The minimum absolute atomic E-state index is 0.138. The molecule has 0 saturated carbocycles. The fourth-order valence-corrected chi connectivity index (χ4v) is 5.17. The van der Waals surface area contributed by atoms with Crippen LogP contribution in [0.4, 0.5) is 11.4 Å². The van der Waals surface area contributed by atoms with Gasteiger partial charge < -0.3 is 15.5 Å². The second-order valence-electron chi connectivity index (χ2n) is 9.11. The smallest absolute Gasteiger partial charge is 0.277 e. The van der Waals surface area contributed by atoms with Gasteiger partial charge in [-0.1, -0.05) is 25.1 Å². The van der Waals surface area contributed by atoms with Crippen LogP contribution < -0.4 is 15.5 Å². The number of rotatable bonds is 5. The van der Waals surface area contributed by atoms with E-state index in [1.807, 2.05) is 61.2 Å². The summed E-state index contributed by atoms with van der Waals surface area (Å²) in [6, 6.07) is 13.5. The summed E-state index contributed by atoms with van der Waals surface area (Å²) < 4.78 is 1.58. The number of anilines is 2. The summed E-state index contributed by atoms with van der Waals surface area (Å²) in [4.78, 5) is 42.0. The fraction of sp³-hybridized carbons (Fsp3) is 0.333. The lowest BCUT2D eigenvalue weighted by Gasteiger charge is -2.31. The van der Waals surface area contributed by atoms with Crippen molar-refractivity contribution >= 4 is 29.1 Å². The van der Waals surface area contributed by atoms with Crippen molar-refractivity contribution in [3.8, 4) is 5.69 Å². The Morgan fingerprint density at radius 3 is 2.51 bits per heavy atom. The van der Waals surface area contributed by atoms with Crippen molar-refractivity contribution in [2.24, 2.45) is 5.73 Å². The zero-order valence-corrected chi connectivity index (χ0v) is 20.1. The molecule has 0 unspecified atom stereocenters. The van der Waals surface area contributed by atoms with E-state index in [1.165, 1.54) is 0 Å². The minimum atomic E-state index is -0.637. The zero-order valence-electron chi connectivity index (χ0n) is 20.1. The second kappa shape index (κ2) is 9.02. The van der Waals surface area contributed by atoms with Crippen LogP contribution in [-0.2, 0) is 17.6 Å². The fourth-order valence-electron chi connectivity index (χ4n) is 5.17. The highest BCUT2D eigenvalue weighted by Gasteiger charge is 2.35. The number of carbonyl (C=O) groups excluding carboxylic acids is 3. The molecule has 8 heteroatoms. The molecule has 5 rings (SSSR count). The van der Waals surface area contributed by atoms with E-state index in [2.05, 4.69) is 5.10 Å². The first kappa shape index (κ1) is 22.8. The number of hydrogen-bond donors (Lipinski definition) is 1. The molecule has 0 bridgehead atoms. The maximum absolute atomic E-state index is 13.9. The van der Waals surface area contributed by atoms with Crippen molar-refractivity contribution in [3.63, 3.8) is 0 Å². The van der Waals surface area contributed by atoms with Gasteiger partial charge in [0.15, 0.2) is 5.69 Å². The maximum atomic E-state index is 13.9. The largest absolute Gasteiger partial charge is 0.364 e. The molecule has 0 aliphatic carbocycles. The van der Waals surface area contributed by atoms with Crippen LogP contribution in [0, 0.1) is 6.92 Å². The van der Waals surface area contributed by atoms with Gasteiger partial charge in [0.2, 0.25) is 5.91 Å². The molecule has 3 aromatic rings. The number of carbonyl (C=O) groups is 3. The van der Waals surface area contributed by atoms with Crippen LogP contribution in [0.15, 0.2) is 42.5 Å². The molecule has 0 atom stereocenters. The summed E-state index contributed by atoms with van der Waals surface area (Å²) in [6.45, 7) is 5.12. The lowest BCUT2D eigenvalue weighted by Crippen LogP contribution is -2.39. The molecule has 3 amide bonds. The quantitative estimate of drug-likeness (QED) is 0.615. The molecule has 2 N–H and O–H groups in total. The Kier molecular flexibility index (Phi) is 5.88. The molecule has 0 radical (unpaired) electrons. The van der Waals surface area contributed by atoms with Gasteiger partial charge >= 0.3 is 0 Å². The molecule has 35 heavy (non-hydrogen) atoms. The standard InChI is InChI=1S/C27H29N5O3/c1-3-18-8-4-5-9-22(18)32-25-20(24(29-32)26(28)34)13-15-31(27(25)35)21-12-11-19(16-17(21)2)30-14-7-6-10-23(30)33/h4-5,8-9,11-12,16H,3,6-7,10,13-15H2,1-2H3,(H2,28,34). The Labute approximate surface area is 204 Å². The first-order valence-corrected chi connectivity index (χ1v) is 12.1. The lowest BCUT2D eigenvalue weighted by molar-refractivity contribution is -0.119. The molecule has 2 aliphatic heterocycles. The van der Waals surface area contributed by atoms with Crippen LogP contribution in [0.3, 0.4) is 0 Å². The van der Waals surface area contributed by atoms with Gasteiger partial charge in [0.1, 0.15) is 5.69 Å². The Bertz CT molecular complexity index is 1340. The molecule has 1 saturated heterocycles. The van der Waals surface area contributed by atoms with Crippen LogP contribution in [0.2, 0.25) is 0 Å². The second-order valence-corrected chi connectivity index (χ2v) is 9.11. The van der Waals surface area contributed by atoms with Crippen LogP contribution in [0.25, 0.3) is 5.69 Å². The number of primary amides is 1. The summed E-state index contributed by atoms with van der Waals surface area (Å²) in [7, 11) is 0. The summed E-state index contributed by atoms with van der Waals surface area (Å²) in [5, 5.41) is 4.51. The van der Waals surface area contributed by atoms with Crippen LogP contribution in [0.1, 0.15) is 63.9 Å². The van der Waals surface area contributed by atoms with E-state index in [9.17, 15) is 14.4 Å². The number of fused-ring (bicyclic) bond motifs is 1. The average molecular weight is 472 g/mol. The number of aromatic nitrogens is 2. The van der Waals surface area contributed by atoms with E-state index in [0.29, 0.717) is 30.6 Å². The van der Waals surface area contributed by atoms with E-state index in [1.54, 1.807) is 9.58 Å². The highest BCUT2D eigenvalue weighted by molar-refractivity contribution is 6.10. The maximum Gasteiger partial charge on any atom is 0.277 e. The van der Waals surface area contributed by atoms with Gasteiger partial charge in [0.25, 0.3) is 11.8 Å². The van der Waals surface area contributed by atoms with Gasteiger partial charge in [0, 0.05) is 36.4 Å². The number of piperidine rings is 1. The van der Waals surface area contributed by atoms with Gasteiger partial charge in [-0.15, -0.1) is 0 Å². The van der Waals surface area contributed by atoms with E-state index < -0.39 is 5.91 Å². The van der Waals surface area contributed by atoms with Crippen LogP contribution in [0.5, 0.6) is 0 Å². The van der Waals surface area contributed by atoms with Crippen molar-refractivity contribution in [1.82, 2.24) is 9.78 Å². The number of aryl methyl sites for hydroxylation is 2. The van der Waals surface area contributed by atoms with Crippen molar-refractivity contribution in [3.05, 3.63) is 70.5 Å². The number of nitrogens with two attached hydrogens (primary N) is 1.